The summed E-state index contributed by atoms with van der Waals surface area (Å²) in [5.41, 5.74) is 1.54. The lowest BCUT2D eigenvalue weighted by molar-refractivity contribution is 0.0722. The minimum absolute atomic E-state index is 0.0216. The number of halogens is 2. The smallest absolute Gasteiger partial charge is 0.290 e. The number of benzene rings is 2. The van der Waals surface area contributed by atoms with E-state index >= 15 is 0 Å². The third-order valence-electron chi connectivity index (χ3n) is 5.42. The Kier molecular flexibility index (Phi) is 5.38. The van der Waals surface area contributed by atoms with Gasteiger partial charge < -0.3 is 14.2 Å². The van der Waals surface area contributed by atoms with E-state index in [0.717, 1.165) is 12.1 Å². The van der Waals surface area contributed by atoms with Crippen LogP contribution in [0, 0.1) is 12.7 Å². The second kappa shape index (κ2) is 7.85. The van der Waals surface area contributed by atoms with Crippen molar-refractivity contribution in [1.82, 2.24) is 9.80 Å². The van der Waals surface area contributed by atoms with Crippen LogP contribution in [0.5, 0.6) is 0 Å². The monoisotopic (exact) mass is 428 g/mol. The van der Waals surface area contributed by atoms with Gasteiger partial charge in [-0.2, -0.15) is 0 Å². The van der Waals surface area contributed by atoms with Gasteiger partial charge in [-0.15, -0.1) is 0 Å². The molecule has 0 spiro atoms. The summed E-state index contributed by atoms with van der Waals surface area (Å²) in [6.07, 6.45) is 0.706. The Morgan fingerprint density at radius 2 is 1.97 bits per heavy atom. The number of fused-ring (bicyclic) bond motifs is 2. The molecule has 0 radical (unpaired) electrons. The molecule has 0 bridgehead atoms. The predicted octanol–water partition coefficient (Wildman–Crippen LogP) is 4.39. The number of carbonyl (C=O) groups is 1. The number of rotatable bonds is 5. The quantitative estimate of drug-likeness (QED) is 0.604. The Labute approximate surface area is 178 Å². The maximum Gasteiger partial charge on any atom is 0.290 e. The number of hydrogen-bond acceptors (Lipinski definition) is 4. The molecule has 1 aromatic heterocycles. The van der Waals surface area contributed by atoms with E-state index in [1.807, 2.05) is 19.0 Å². The summed E-state index contributed by atoms with van der Waals surface area (Å²) in [5.74, 6) is -0.761. The van der Waals surface area contributed by atoms with Crippen LogP contribution in [-0.2, 0) is 0 Å². The van der Waals surface area contributed by atoms with Crippen LogP contribution in [0.1, 0.15) is 39.7 Å². The summed E-state index contributed by atoms with van der Waals surface area (Å²) in [6, 6.07) is 8.53. The first kappa shape index (κ1) is 20.6. The minimum Gasteiger partial charge on any atom is -0.450 e. The molecule has 1 aliphatic heterocycles. The van der Waals surface area contributed by atoms with E-state index < -0.39 is 11.9 Å². The maximum atomic E-state index is 14.0. The lowest BCUT2D eigenvalue weighted by atomic mass is 9.98. The zero-order valence-corrected chi connectivity index (χ0v) is 17.8. The summed E-state index contributed by atoms with van der Waals surface area (Å²) >= 11 is 6.23. The molecule has 1 atom stereocenters. The molecule has 3 aromatic rings. The molecule has 0 unspecified atom stereocenters. The van der Waals surface area contributed by atoms with Crippen LogP contribution in [0.15, 0.2) is 45.6 Å². The average molecular weight is 429 g/mol. The van der Waals surface area contributed by atoms with E-state index in [4.69, 9.17) is 16.0 Å². The Bertz CT molecular complexity index is 1210. The third-order valence-corrected chi connectivity index (χ3v) is 5.82. The summed E-state index contributed by atoms with van der Waals surface area (Å²) in [5, 5.41) is 0.762. The number of aryl methyl sites for hydroxylation is 1. The van der Waals surface area contributed by atoms with Crippen molar-refractivity contribution in [3.05, 3.63) is 79.9 Å². The van der Waals surface area contributed by atoms with E-state index in [0.29, 0.717) is 34.5 Å². The molecule has 7 heteroatoms. The highest BCUT2D eigenvalue weighted by Gasteiger charge is 2.42. The van der Waals surface area contributed by atoms with Crippen molar-refractivity contribution in [3.63, 3.8) is 0 Å². The van der Waals surface area contributed by atoms with E-state index in [2.05, 4.69) is 0 Å². The van der Waals surface area contributed by atoms with Crippen LogP contribution in [-0.4, -0.2) is 42.9 Å². The van der Waals surface area contributed by atoms with Crippen molar-refractivity contribution in [1.29, 1.82) is 0 Å². The fourth-order valence-electron chi connectivity index (χ4n) is 3.95. The first-order valence-electron chi connectivity index (χ1n) is 9.76. The molecule has 5 nitrogen and oxygen atoms in total. The van der Waals surface area contributed by atoms with Crippen molar-refractivity contribution >= 4 is 28.5 Å². The Hall–Kier alpha value is -2.70. The summed E-state index contributed by atoms with van der Waals surface area (Å²) in [4.78, 5) is 30.3. The Morgan fingerprint density at radius 1 is 1.20 bits per heavy atom. The van der Waals surface area contributed by atoms with Crippen LogP contribution >= 0.6 is 11.6 Å². The second-order valence-electron chi connectivity index (χ2n) is 7.88. The normalized spacial score (nSPS) is 16.0. The number of hydrogen-bond donors (Lipinski definition) is 0. The number of carbonyl (C=O) groups excluding carboxylic acids is 1. The average Bonchev–Trinajstić information content (AvgIpc) is 2.96. The number of amides is 1. The molecular weight excluding hydrogens is 407 g/mol. The molecule has 2 heterocycles. The van der Waals surface area contributed by atoms with Crippen LogP contribution < -0.4 is 5.43 Å². The molecule has 2 aromatic carbocycles. The van der Waals surface area contributed by atoms with E-state index in [1.165, 1.54) is 12.1 Å². The van der Waals surface area contributed by atoms with Gasteiger partial charge in [0.15, 0.2) is 5.43 Å². The van der Waals surface area contributed by atoms with Crippen molar-refractivity contribution in [3.8, 4) is 0 Å². The molecule has 1 aliphatic rings. The van der Waals surface area contributed by atoms with E-state index in [-0.39, 0.29) is 22.7 Å². The van der Waals surface area contributed by atoms with Crippen molar-refractivity contribution in [2.24, 2.45) is 0 Å². The second-order valence-corrected chi connectivity index (χ2v) is 8.29. The van der Waals surface area contributed by atoms with Gasteiger partial charge in [0.25, 0.3) is 5.91 Å². The third kappa shape index (κ3) is 3.50. The zero-order valence-electron chi connectivity index (χ0n) is 17.0. The highest BCUT2D eigenvalue weighted by Crippen LogP contribution is 2.38. The molecule has 1 amide bonds. The first-order chi connectivity index (χ1) is 14.3. The molecule has 0 saturated heterocycles. The SMILES string of the molecule is Cc1cc2oc3c(c(=O)c2cc1Cl)[C@@H](c1cccc(F)c1)N(CCCN(C)C)C3=O. The van der Waals surface area contributed by atoms with Crippen LogP contribution in [0.3, 0.4) is 0 Å². The van der Waals surface area contributed by atoms with Gasteiger partial charge in [-0.3, -0.25) is 9.59 Å². The Balaban J connectivity index is 1.91. The molecule has 30 heavy (non-hydrogen) atoms. The van der Waals surface area contributed by atoms with Crippen LogP contribution in [0.2, 0.25) is 5.02 Å². The van der Waals surface area contributed by atoms with Crippen molar-refractivity contribution in [2.75, 3.05) is 27.2 Å². The molecular formula is C23H22ClFN2O3. The largest absolute Gasteiger partial charge is 0.450 e. The zero-order chi connectivity index (χ0) is 21.6. The number of nitrogens with zero attached hydrogens (tertiary/aromatic N) is 2. The highest BCUT2D eigenvalue weighted by molar-refractivity contribution is 6.32. The van der Waals surface area contributed by atoms with Crippen LogP contribution in [0.4, 0.5) is 4.39 Å². The summed E-state index contributed by atoms with van der Waals surface area (Å²) in [7, 11) is 3.91. The summed E-state index contributed by atoms with van der Waals surface area (Å²) in [6.45, 7) is 2.99. The van der Waals surface area contributed by atoms with E-state index in [9.17, 15) is 14.0 Å². The molecule has 0 fully saturated rings. The maximum absolute atomic E-state index is 14.0. The van der Waals surface area contributed by atoms with Gasteiger partial charge in [-0.1, -0.05) is 23.7 Å². The van der Waals surface area contributed by atoms with Gasteiger partial charge in [-0.25, -0.2) is 4.39 Å². The fourth-order valence-corrected chi connectivity index (χ4v) is 4.12. The topological polar surface area (TPSA) is 53.8 Å². The highest BCUT2D eigenvalue weighted by atomic mass is 35.5. The van der Waals surface area contributed by atoms with Gasteiger partial charge in [0.1, 0.15) is 11.4 Å². The van der Waals surface area contributed by atoms with Gasteiger partial charge >= 0.3 is 0 Å². The standard InChI is InChI=1S/C23H22ClFN2O3/c1-13-10-18-16(12-17(13)24)21(28)19-20(14-6-4-7-15(25)11-14)27(9-5-8-26(2)3)23(29)22(19)30-18/h4,6-7,10-12,20H,5,8-9H2,1-3H3/t20-/m1/s1. The van der Waals surface area contributed by atoms with Crippen molar-refractivity contribution in [2.45, 2.75) is 19.4 Å². The molecule has 0 N–H and O–H groups in total. The predicted molar refractivity (Wildman–Crippen MR) is 115 cm³/mol. The molecule has 156 valence electrons. The minimum atomic E-state index is -0.703. The lowest BCUT2D eigenvalue weighted by Crippen LogP contribution is -2.32. The molecule has 4 rings (SSSR count). The Morgan fingerprint density at radius 3 is 2.67 bits per heavy atom. The van der Waals surface area contributed by atoms with Gasteiger partial charge in [0, 0.05) is 11.6 Å². The molecule has 0 aliphatic carbocycles. The summed E-state index contributed by atoms with van der Waals surface area (Å²) < 4.78 is 19.9. The van der Waals surface area contributed by atoms with Gasteiger partial charge in [0.2, 0.25) is 5.76 Å². The first-order valence-corrected chi connectivity index (χ1v) is 10.1. The fraction of sp³-hybridized carbons (Fsp3) is 0.304. The molecule has 0 saturated carbocycles. The van der Waals surface area contributed by atoms with E-state index in [1.54, 1.807) is 36.1 Å². The lowest BCUT2D eigenvalue weighted by Gasteiger charge is -2.25. The van der Waals surface area contributed by atoms with Crippen LogP contribution in [0.25, 0.3) is 11.0 Å². The van der Waals surface area contributed by atoms with Gasteiger partial charge in [-0.05, 0) is 69.4 Å². The van der Waals surface area contributed by atoms with Gasteiger partial charge in [0.05, 0.1) is 17.0 Å². The van der Waals surface area contributed by atoms with Crippen molar-refractivity contribution < 1.29 is 13.6 Å².